The average molecular weight is 248 g/mol. The molecule has 5 heteroatoms. The predicted octanol–water partition coefficient (Wildman–Crippen LogP) is 3.72. The number of nitrogens with zero attached hydrogens (tertiary/aromatic N) is 1. The van der Waals surface area contributed by atoms with Crippen molar-refractivity contribution in [1.29, 1.82) is 5.26 Å². The van der Waals surface area contributed by atoms with Crippen molar-refractivity contribution in [2.24, 2.45) is 0 Å². The Balaban J connectivity index is 2.31. The molecule has 0 aliphatic carbocycles. The fourth-order valence-electron chi connectivity index (χ4n) is 1.43. The number of halogens is 3. The second-order valence-corrected chi connectivity index (χ2v) is 3.56. The summed E-state index contributed by atoms with van der Waals surface area (Å²) in [6.45, 7) is 0. The summed E-state index contributed by atoms with van der Waals surface area (Å²) in [5.41, 5.74) is 0.403. The molecule has 0 bridgehead atoms. The highest BCUT2D eigenvalue weighted by molar-refractivity contribution is 5.61. The van der Waals surface area contributed by atoms with Gasteiger partial charge in [-0.1, -0.05) is 0 Å². The minimum absolute atomic E-state index is 0.401. The highest BCUT2D eigenvalue weighted by atomic mass is 19.1. The van der Waals surface area contributed by atoms with Crippen molar-refractivity contribution in [3.8, 4) is 6.07 Å². The minimum atomic E-state index is -1.02. The van der Waals surface area contributed by atoms with E-state index < -0.39 is 23.1 Å². The van der Waals surface area contributed by atoms with E-state index >= 15 is 0 Å². The first-order valence-electron chi connectivity index (χ1n) is 5.02. The molecule has 18 heavy (non-hydrogen) atoms. The molecule has 0 radical (unpaired) electrons. The van der Waals surface area contributed by atoms with Crippen LogP contribution in [0.25, 0.3) is 0 Å². The average Bonchev–Trinajstić information content (AvgIpc) is 2.34. The summed E-state index contributed by atoms with van der Waals surface area (Å²) in [5.74, 6) is -3.01. The summed E-state index contributed by atoms with van der Waals surface area (Å²) in [5, 5.41) is 11.1. The van der Waals surface area contributed by atoms with Crippen molar-refractivity contribution in [2.45, 2.75) is 0 Å². The summed E-state index contributed by atoms with van der Waals surface area (Å²) >= 11 is 0. The Bertz CT molecular complexity index is 592. The van der Waals surface area contributed by atoms with Gasteiger partial charge in [-0.2, -0.15) is 5.26 Å². The standard InChI is InChI=1S/C13H7F3N2/c14-9-5-11(15)13(12(16)6-9)18-10-3-1-8(7-17)2-4-10/h1-6,18H. The highest BCUT2D eigenvalue weighted by Crippen LogP contribution is 2.24. The number of benzene rings is 2. The van der Waals surface area contributed by atoms with Crippen LogP contribution in [-0.4, -0.2) is 0 Å². The second-order valence-electron chi connectivity index (χ2n) is 3.56. The van der Waals surface area contributed by atoms with E-state index in [9.17, 15) is 13.2 Å². The van der Waals surface area contributed by atoms with E-state index in [1.807, 2.05) is 6.07 Å². The topological polar surface area (TPSA) is 35.8 Å². The van der Waals surface area contributed by atoms with Crippen LogP contribution in [-0.2, 0) is 0 Å². The largest absolute Gasteiger partial charge is 0.351 e. The Morgan fingerprint density at radius 2 is 1.50 bits per heavy atom. The third-order valence-corrected chi connectivity index (χ3v) is 2.29. The van der Waals surface area contributed by atoms with Crippen molar-refractivity contribution >= 4 is 11.4 Å². The van der Waals surface area contributed by atoms with E-state index in [1.165, 1.54) is 24.3 Å². The predicted molar refractivity (Wildman–Crippen MR) is 60.8 cm³/mol. The summed E-state index contributed by atoms with van der Waals surface area (Å²) in [6.07, 6.45) is 0. The van der Waals surface area contributed by atoms with Crippen LogP contribution in [0.5, 0.6) is 0 Å². The number of hydrogen-bond acceptors (Lipinski definition) is 2. The van der Waals surface area contributed by atoms with Crippen LogP contribution in [0.2, 0.25) is 0 Å². The first-order valence-corrected chi connectivity index (χ1v) is 5.02. The monoisotopic (exact) mass is 248 g/mol. The van der Waals surface area contributed by atoms with Crippen LogP contribution in [0.15, 0.2) is 36.4 Å². The lowest BCUT2D eigenvalue weighted by molar-refractivity contribution is 0.549. The fraction of sp³-hybridized carbons (Fsp3) is 0. The van der Waals surface area contributed by atoms with E-state index in [0.717, 1.165) is 0 Å². The molecule has 1 N–H and O–H groups in total. The van der Waals surface area contributed by atoms with E-state index in [2.05, 4.69) is 5.32 Å². The van der Waals surface area contributed by atoms with Crippen molar-refractivity contribution in [1.82, 2.24) is 0 Å². The molecule has 0 saturated heterocycles. The first-order chi connectivity index (χ1) is 8.60. The van der Waals surface area contributed by atoms with Crippen molar-refractivity contribution in [3.63, 3.8) is 0 Å². The molecule has 0 heterocycles. The second kappa shape index (κ2) is 4.80. The SMILES string of the molecule is N#Cc1ccc(Nc2c(F)cc(F)cc2F)cc1. The lowest BCUT2D eigenvalue weighted by Crippen LogP contribution is -1.98. The van der Waals surface area contributed by atoms with Crippen LogP contribution in [0, 0.1) is 28.8 Å². The Morgan fingerprint density at radius 1 is 0.944 bits per heavy atom. The summed E-state index contributed by atoms with van der Waals surface area (Å²) in [7, 11) is 0. The fourth-order valence-corrected chi connectivity index (χ4v) is 1.43. The zero-order chi connectivity index (χ0) is 13.1. The van der Waals surface area contributed by atoms with Gasteiger partial charge in [-0.3, -0.25) is 0 Å². The lowest BCUT2D eigenvalue weighted by Gasteiger charge is -2.08. The third-order valence-electron chi connectivity index (χ3n) is 2.29. The number of rotatable bonds is 2. The molecule has 0 aromatic heterocycles. The van der Waals surface area contributed by atoms with Gasteiger partial charge in [-0.05, 0) is 24.3 Å². The molecule has 0 amide bonds. The van der Waals surface area contributed by atoms with E-state index in [-0.39, 0.29) is 0 Å². The van der Waals surface area contributed by atoms with Crippen molar-refractivity contribution < 1.29 is 13.2 Å². The van der Waals surface area contributed by atoms with Crippen molar-refractivity contribution in [2.75, 3.05) is 5.32 Å². The molecule has 0 saturated carbocycles. The first kappa shape index (κ1) is 12.0. The molecule has 2 aromatic carbocycles. The molecule has 0 unspecified atom stereocenters. The Labute approximate surface area is 101 Å². The summed E-state index contributed by atoms with van der Waals surface area (Å²) in [4.78, 5) is 0. The van der Waals surface area contributed by atoms with Crippen molar-refractivity contribution in [3.05, 3.63) is 59.4 Å². The maximum Gasteiger partial charge on any atom is 0.152 e. The summed E-state index contributed by atoms with van der Waals surface area (Å²) < 4.78 is 39.4. The molecule has 0 fully saturated rings. The quantitative estimate of drug-likeness (QED) is 0.879. The third kappa shape index (κ3) is 2.43. The van der Waals surface area contributed by atoms with Gasteiger partial charge in [0.05, 0.1) is 11.6 Å². The zero-order valence-corrected chi connectivity index (χ0v) is 9.05. The number of nitriles is 1. The number of nitrogens with one attached hydrogen (secondary N) is 1. The van der Waals surface area contributed by atoms with E-state index in [4.69, 9.17) is 5.26 Å². The van der Waals surface area contributed by atoms with Gasteiger partial charge in [-0.15, -0.1) is 0 Å². The van der Waals surface area contributed by atoms with Gasteiger partial charge in [0.2, 0.25) is 0 Å². The van der Waals surface area contributed by atoms with Crippen LogP contribution in [0.1, 0.15) is 5.56 Å². The molecule has 2 rings (SSSR count). The molecule has 0 aliphatic rings. The molecule has 0 atom stereocenters. The molecular formula is C13H7F3N2. The van der Waals surface area contributed by atoms with Gasteiger partial charge < -0.3 is 5.32 Å². The Morgan fingerprint density at radius 3 is 2.00 bits per heavy atom. The smallest absolute Gasteiger partial charge is 0.152 e. The lowest BCUT2D eigenvalue weighted by atomic mass is 10.2. The van der Waals surface area contributed by atoms with Crippen LogP contribution in [0.4, 0.5) is 24.5 Å². The molecule has 0 aliphatic heterocycles. The number of anilines is 2. The van der Waals surface area contributed by atoms with Gasteiger partial charge >= 0.3 is 0 Å². The Kier molecular flexibility index (Phi) is 3.20. The van der Waals surface area contributed by atoms with Gasteiger partial charge in [0, 0.05) is 17.8 Å². The maximum absolute atomic E-state index is 13.3. The van der Waals surface area contributed by atoms with E-state index in [0.29, 0.717) is 23.4 Å². The molecule has 2 aromatic rings. The Hall–Kier alpha value is -2.48. The van der Waals surface area contributed by atoms with Gasteiger partial charge in [-0.25, -0.2) is 13.2 Å². The normalized spacial score (nSPS) is 9.89. The molecule has 0 spiro atoms. The maximum atomic E-state index is 13.3. The zero-order valence-electron chi connectivity index (χ0n) is 9.05. The van der Waals surface area contributed by atoms with Crippen LogP contribution < -0.4 is 5.32 Å². The molecule has 90 valence electrons. The minimum Gasteiger partial charge on any atom is -0.351 e. The highest BCUT2D eigenvalue weighted by Gasteiger charge is 2.11. The number of hydrogen-bond donors (Lipinski definition) is 1. The van der Waals surface area contributed by atoms with Gasteiger partial charge in [0.25, 0.3) is 0 Å². The molecular weight excluding hydrogens is 241 g/mol. The van der Waals surface area contributed by atoms with E-state index in [1.54, 1.807) is 0 Å². The van der Waals surface area contributed by atoms with Crippen LogP contribution >= 0.6 is 0 Å². The summed E-state index contributed by atoms with van der Waals surface area (Å²) in [6, 6.07) is 9.11. The molecule has 2 nitrogen and oxygen atoms in total. The van der Waals surface area contributed by atoms with Crippen LogP contribution in [0.3, 0.4) is 0 Å². The van der Waals surface area contributed by atoms with Gasteiger partial charge in [0.1, 0.15) is 11.5 Å². The van der Waals surface area contributed by atoms with Gasteiger partial charge in [0.15, 0.2) is 11.6 Å².